The lowest BCUT2D eigenvalue weighted by Crippen LogP contribution is -2.40. The predicted molar refractivity (Wildman–Crippen MR) is 191 cm³/mol. The number of thiazole rings is 1. The van der Waals surface area contributed by atoms with Crippen LogP contribution in [0.4, 0.5) is 0 Å². The zero-order chi connectivity index (χ0) is 33.8. The van der Waals surface area contributed by atoms with Crippen LogP contribution in [0.3, 0.4) is 0 Å². The highest BCUT2D eigenvalue weighted by molar-refractivity contribution is 14.1. The molecule has 9 nitrogen and oxygen atoms in total. The smallest absolute Gasteiger partial charge is 0.338 e. The Morgan fingerprint density at radius 1 is 1.06 bits per heavy atom. The summed E-state index contributed by atoms with van der Waals surface area (Å²) in [4.78, 5) is 32.6. The maximum Gasteiger partial charge on any atom is 0.338 e. The van der Waals surface area contributed by atoms with Crippen molar-refractivity contribution < 1.29 is 28.5 Å². The normalized spacial score (nSPS) is 14.5. The van der Waals surface area contributed by atoms with Crippen LogP contribution in [-0.2, 0) is 16.1 Å². The second kappa shape index (κ2) is 15.0. The molecule has 0 aliphatic carbocycles. The van der Waals surface area contributed by atoms with Crippen LogP contribution in [0.25, 0.3) is 6.08 Å². The molecule has 47 heavy (non-hydrogen) atoms. The van der Waals surface area contributed by atoms with Crippen LogP contribution in [0.2, 0.25) is 5.02 Å². The molecule has 2 heterocycles. The van der Waals surface area contributed by atoms with E-state index in [0.717, 1.165) is 9.13 Å². The van der Waals surface area contributed by atoms with Crippen LogP contribution in [0, 0.1) is 3.57 Å². The average molecular weight is 789 g/mol. The lowest BCUT2D eigenvalue weighted by Gasteiger charge is -2.25. The van der Waals surface area contributed by atoms with E-state index in [1.54, 1.807) is 51.3 Å². The summed E-state index contributed by atoms with van der Waals surface area (Å²) >= 11 is 10.1. The first kappa shape index (κ1) is 34.5. The number of ether oxygens (including phenoxy) is 5. The second-order valence-corrected chi connectivity index (χ2v) is 13.5. The van der Waals surface area contributed by atoms with Crippen LogP contribution in [0.15, 0.2) is 75.7 Å². The van der Waals surface area contributed by atoms with E-state index >= 15 is 0 Å². The van der Waals surface area contributed by atoms with Crippen LogP contribution >= 0.6 is 45.5 Å². The minimum Gasteiger partial charge on any atom is -0.493 e. The van der Waals surface area contributed by atoms with Crippen molar-refractivity contribution in [2.24, 2.45) is 4.99 Å². The summed E-state index contributed by atoms with van der Waals surface area (Å²) in [7, 11) is 3.08. The number of carbonyl (C=O) groups excluding carboxylic acids is 1. The predicted octanol–water partition coefficient (Wildman–Crippen LogP) is 6.44. The Labute approximate surface area is 295 Å². The highest BCUT2D eigenvalue weighted by Gasteiger charge is 2.34. The topological polar surface area (TPSA) is 97.6 Å². The molecule has 0 radical (unpaired) electrons. The molecule has 0 unspecified atom stereocenters. The Morgan fingerprint density at radius 3 is 2.45 bits per heavy atom. The molecular weight excluding hydrogens is 755 g/mol. The number of esters is 1. The van der Waals surface area contributed by atoms with Gasteiger partial charge in [-0.15, -0.1) is 0 Å². The summed E-state index contributed by atoms with van der Waals surface area (Å²) < 4.78 is 31.7. The van der Waals surface area contributed by atoms with E-state index in [1.165, 1.54) is 23.0 Å². The van der Waals surface area contributed by atoms with Crippen molar-refractivity contribution in [3.05, 3.63) is 111 Å². The molecular formula is C35H34ClIN2O7S. The number of aromatic nitrogens is 1. The van der Waals surface area contributed by atoms with Gasteiger partial charge < -0.3 is 23.7 Å². The van der Waals surface area contributed by atoms with Gasteiger partial charge in [-0.05, 0) is 109 Å². The van der Waals surface area contributed by atoms with E-state index in [-0.39, 0.29) is 23.8 Å². The molecule has 1 aliphatic heterocycles. The molecule has 1 aromatic heterocycles. The van der Waals surface area contributed by atoms with Crippen molar-refractivity contribution in [3.8, 4) is 23.0 Å². The molecule has 0 spiro atoms. The number of hydrogen-bond donors (Lipinski definition) is 0. The summed E-state index contributed by atoms with van der Waals surface area (Å²) in [5.74, 6) is 1.30. The zero-order valence-corrected chi connectivity index (χ0v) is 30.5. The summed E-state index contributed by atoms with van der Waals surface area (Å²) in [6.07, 6.45) is 1.65. The lowest BCUT2D eigenvalue weighted by atomic mass is 9.95. The van der Waals surface area contributed by atoms with Gasteiger partial charge in [-0.25, -0.2) is 9.79 Å². The Balaban J connectivity index is 1.59. The monoisotopic (exact) mass is 788 g/mol. The summed E-state index contributed by atoms with van der Waals surface area (Å²) in [6.45, 7) is 7.79. The Hall–Kier alpha value is -3.81. The van der Waals surface area contributed by atoms with Crippen molar-refractivity contribution in [2.45, 2.75) is 46.4 Å². The molecule has 3 aromatic carbocycles. The maximum atomic E-state index is 14.2. The number of nitrogens with zero attached hydrogens (tertiary/aromatic N) is 2. The Kier molecular flexibility index (Phi) is 11.0. The van der Waals surface area contributed by atoms with Gasteiger partial charge in [0.25, 0.3) is 5.56 Å². The molecule has 12 heteroatoms. The average Bonchev–Trinajstić information content (AvgIpc) is 3.34. The fourth-order valence-corrected chi connectivity index (χ4v) is 6.84. The van der Waals surface area contributed by atoms with E-state index in [1.807, 2.05) is 44.2 Å². The van der Waals surface area contributed by atoms with Crippen molar-refractivity contribution >= 4 is 57.6 Å². The molecule has 5 rings (SSSR count). The number of hydrogen-bond acceptors (Lipinski definition) is 9. The van der Waals surface area contributed by atoms with Gasteiger partial charge in [0.2, 0.25) is 0 Å². The molecule has 4 aromatic rings. The number of rotatable bonds is 11. The van der Waals surface area contributed by atoms with Gasteiger partial charge in [0.05, 0.1) is 53.8 Å². The van der Waals surface area contributed by atoms with Gasteiger partial charge in [-0.1, -0.05) is 41.1 Å². The highest BCUT2D eigenvalue weighted by atomic mass is 127. The summed E-state index contributed by atoms with van der Waals surface area (Å²) in [5.41, 5.74) is 2.66. The standard InChI is InChI=1S/C35H34ClIN2O7S/c1-7-44-34(41)30-20(4)38-35-39(31(30)23-10-13-26(46-19(2)3)27(17-23)42-5)33(40)29(47-35)16-22-14-25(36)32(28(15-22)43-6)45-18-21-8-11-24(37)12-9-21/h8-17,19,31H,7,18H2,1-6H3/b29-16-/t31-/m0/s1. The number of allylic oxidation sites excluding steroid dienone is 1. The minimum absolute atomic E-state index is 0.0784. The van der Waals surface area contributed by atoms with E-state index in [2.05, 4.69) is 27.6 Å². The third kappa shape index (κ3) is 7.52. The minimum atomic E-state index is -0.815. The Bertz CT molecular complexity index is 2020. The first-order valence-corrected chi connectivity index (χ1v) is 17.1. The van der Waals surface area contributed by atoms with Crippen LogP contribution in [0.1, 0.15) is 50.4 Å². The summed E-state index contributed by atoms with van der Waals surface area (Å²) in [6, 6.07) is 16.0. The quantitative estimate of drug-likeness (QED) is 0.128. The van der Waals surface area contributed by atoms with Gasteiger partial charge in [-0.2, -0.15) is 0 Å². The number of halogens is 2. The first-order chi connectivity index (χ1) is 22.5. The van der Waals surface area contributed by atoms with Gasteiger partial charge in [0.15, 0.2) is 27.8 Å². The molecule has 0 saturated heterocycles. The number of carbonyl (C=O) groups is 1. The SMILES string of the molecule is CCOC(=O)C1=C(C)N=c2s/c(=C\c3cc(Cl)c(OCc4ccc(I)cc4)c(OC)c3)c(=O)n2[C@H]1c1ccc(OC(C)C)c(OC)c1. The van der Waals surface area contributed by atoms with Crippen molar-refractivity contribution in [1.29, 1.82) is 0 Å². The highest BCUT2D eigenvalue weighted by Crippen LogP contribution is 2.38. The molecule has 0 N–H and O–H groups in total. The van der Waals surface area contributed by atoms with Gasteiger partial charge in [0, 0.05) is 3.57 Å². The first-order valence-electron chi connectivity index (χ1n) is 14.8. The van der Waals surface area contributed by atoms with Crippen LogP contribution in [0.5, 0.6) is 23.0 Å². The largest absolute Gasteiger partial charge is 0.493 e. The Morgan fingerprint density at radius 2 is 1.79 bits per heavy atom. The molecule has 0 bridgehead atoms. The van der Waals surface area contributed by atoms with E-state index in [4.69, 9.17) is 35.3 Å². The number of fused-ring (bicyclic) bond motifs is 1. The van der Waals surface area contributed by atoms with E-state index < -0.39 is 12.0 Å². The third-order valence-corrected chi connectivity index (χ3v) is 9.21. The molecule has 0 amide bonds. The van der Waals surface area contributed by atoms with Crippen molar-refractivity contribution in [1.82, 2.24) is 4.57 Å². The molecule has 1 aliphatic rings. The number of methoxy groups -OCH3 is 2. The van der Waals surface area contributed by atoms with Crippen molar-refractivity contribution in [2.75, 3.05) is 20.8 Å². The molecule has 0 saturated carbocycles. The fraction of sp³-hybridized carbons (Fsp3) is 0.286. The fourth-order valence-electron chi connectivity index (χ4n) is 5.16. The van der Waals surface area contributed by atoms with E-state index in [9.17, 15) is 9.59 Å². The maximum absolute atomic E-state index is 14.2. The van der Waals surface area contributed by atoms with E-state index in [0.29, 0.717) is 60.8 Å². The van der Waals surface area contributed by atoms with Crippen LogP contribution < -0.4 is 33.8 Å². The summed E-state index contributed by atoms with van der Waals surface area (Å²) in [5, 5.41) is 0.336. The molecule has 0 fully saturated rings. The zero-order valence-electron chi connectivity index (χ0n) is 26.8. The lowest BCUT2D eigenvalue weighted by molar-refractivity contribution is -0.139. The van der Waals surface area contributed by atoms with Crippen LogP contribution in [-0.4, -0.2) is 37.5 Å². The van der Waals surface area contributed by atoms with Gasteiger partial charge >= 0.3 is 5.97 Å². The van der Waals surface area contributed by atoms with Gasteiger partial charge in [0.1, 0.15) is 6.61 Å². The molecule has 1 atom stereocenters. The molecule has 246 valence electrons. The second-order valence-electron chi connectivity index (χ2n) is 10.8. The third-order valence-electron chi connectivity index (χ3n) is 7.23. The van der Waals surface area contributed by atoms with Crippen molar-refractivity contribution in [3.63, 3.8) is 0 Å². The number of benzene rings is 3. The van der Waals surface area contributed by atoms with Gasteiger partial charge in [-0.3, -0.25) is 9.36 Å².